The van der Waals surface area contributed by atoms with Crippen LogP contribution in [0.15, 0.2) is 18.2 Å². The number of aryl methyl sites for hydroxylation is 2. The summed E-state index contributed by atoms with van der Waals surface area (Å²) in [7, 11) is 0. The van der Waals surface area contributed by atoms with Gasteiger partial charge in [-0.15, -0.1) is 0 Å². The number of hydrogen-bond donors (Lipinski definition) is 2. The number of rotatable bonds is 5. The number of carboxylic acid groups (broad SMARTS) is 1. The molecule has 5 nitrogen and oxygen atoms in total. The fourth-order valence-corrected chi connectivity index (χ4v) is 2.76. The highest BCUT2D eigenvalue weighted by molar-refractivity contribution is 5.94. The average Bonchev–Trinajstić information content (AvgIpc) is 2.50. The van der Waals surface area contributed by atoms with Gasteiger partial charge in [-0.2, -0.15) is 0 Å². The molecule has 1 fully saturated rings. The molecule has 0 radical (unpaired) electrons. The number of carboxylic acids is 1. The Balaban J connectivity index is 1.97. The van der Waals surface area contributed by atoms with Gasteiger partial charge in [0.25, 0.3) is 5.91 Å². The van der Waals surface area contributed by atoms with E-state index in [2.05, 4.69) is 5.32 Å². The summed E-state index contributed by atoms with van der Waals surface area (Å²) in [4.78, 5) is 23.6. The zero-order valence-electron chi connectivity index (χ0n) is 13.1. The number of carbonyl (C=O) groups is 2. The number of amides is 1. The van der Waals surface area contributed by atoms with Crippen molar-refractivity contribution in [2.24, 2.45) is 11.8 Å². The molecule has 5 heteroatoms. The minimum absolute atomic E-state index is 0.0614. The average molecular weight is 305 g/mol. The maximum Gasteiger partial charge on any atom is 0.308 e. The van der Waals surface area contributed by atoms with E-state index in [4.69, 9.17) is 4.74 Å². The Bertz CT molecular complexity index is 550. The van der Waals surface area contributed by atoms with Crippen molar-refractivity contribution in [1.82, 2.24) is 5.32 Å². The van der Waals surface area contributed by atoms with Gasteiger partial charge in [0.05, 0.1) is 5.92 Å². The summed E-state index contributed by atoms with van der Waals surface area (Å²) in [6, 6.07) is 5.49. The van der Waals surface area contributed by atoms with Crippen molar-refractivity contribution in [3.05, 3.63) is 34.9 Å². The molecule has 1 aromatic carbocycles. The molecular formula is C17H23NO4. The third-order valence-electron chi connectivity index (χ3n) is 4.40. The fraction of sp³-hybridized carbons (Fsp3) is 0.529. The van der Waals surface area contributed by atoms with Gasteiger partial charge in [-0.3, -0.25) is 9.59 Å². The van der Waals surface area contributed by atoms with Crippen LogP contribution in [0.5, 0.6) is 0 Å². The zero-order chi connectivity index (χ0) is 16.1. The summed E-state index contributed by atoms with van der Waals surface area (Å²) in [5, 5.41) is 12.2. The lowest BCUT2D eigenvalue weighted by molar-refractivity contribution is -0.144. The molecule has 1 aromatic rings. The molecular weight excluding hydrogens is 282 g/mol. The molecule has 2 rings (SSSR count). The summed E-state index contributed by atoms with van der Waals surface area (Å²) in [6.07, 6.45) is 1.47. The first-order valence-corrected chi connectivity index (χ1v) is 7.65. The number of hydrogen-bond acceptors (Lipinski definition) is 3. The Morgan fingerprint density at radius 3 is 2.55 bits per heavy atom. The van der Waals surface area contributed by atoms with Crippen molar-refractivity contribution in [2.45, 2.75) is 26.7 Å². The number of benzene rings is 1. The van der Waals surface area contributed by atoms with Crippen molar-refractivity contribution >= 4 is 11.9 Å². The van der Waals surface area contributed by atoms with Crippen LogP contribution in [0.4, 0.5) is 0 Å². The Hall–Kier alpha value is -1.88. The molecule has 0 aromatic heterocycles. The van der Waals surface area contributed by atoms with Gasteiger partial charge >= 0.3 is 5.97 Å². The molecule has 1 aliphatic heterocycles. The lowest BCUT2D eigenvalue weighted by Gasteiger charge is -2.27. The normalized spacial score (nSPS) is 17.0. The first-order chi connectivity index (χ1) is 10.5. The highest BCUT2D eigenvalue weighted by Crippen LogP contribution is 2.24. The Morgan fingerprint density at radius 2 is 1.95 bits per heavy atom. The molecule has 1 unspecified atom stereocenters. The van der Waals surface area contributed by atoms with E-state index in [1.165, 1.54) is 0 Å². The largest absolute Gasteiger partial charge is 0.481 e. The first-order valence-electron chi connectivity index (χ1n) is 7.65. The summed E-state index contributed by atoms with van der Waals surface area (Å²) in [5.74, 6) is -1.57. The number of ether oxygens (including phenoxy) is 1. The number of nitrogens with one attached hydrogen (secondary N) is 1. The highest BCUT2D eigenvalue weighted by atomic mass is 16.5. The van der Waals surface area contributed by atoms with Crippen molar-refractivity contribution in [1.29, 1.82) is 0 Å². The van der Waals surface area contributed by atoms with Crippen molar-refractivity contribution in [2.75, 3.05) is 19.8 Å². The summed E-state index contributed by atoms with van der Waals surface area (Å²) in [5.41, 5.74) is 2.74. The van der Waals surface area contributed by atoms with E-state index in [1.54, 1.807) is 6.07 Å². The van der Waals surface area contributed by atoms with E-state index in [0.717, 1.165) is 24.0 Å². The van der Waals surface area contributed by atoms with Crippen LogP contribution in [-0.2, 0) is 9.53 Å². The van der Waals surface area contributed by atoms with Gasteiger partial charge in [-0.25, -0.2) is 0 Å². The quantitative estimate of drug-likeness (QED) is 0.874. The molecule has 0 saturated carbocycles. The Labute approximate surface area is 130 Å². The first kappa shape index (κ1) is 16.5. The molecule has 1 amide bonds. The lowest BCUT2D eigenvalue weighted by atomic mass is 9.86. The van der Waals surface area contributed by atoms with Gasteiger partial charge in [-0.1, -0.05) is 6.07 Å². The van der Waals surface area contributed by atoms with E-state index in [0.29, 0.717) is 18.8 Å². The van der Waals surface area contributed by atoms with E-state index >= 15 is 0 Å². The minimum Gasteiger partial charge on any atom is -0.481 e. The van der Waals surface area contributed by atoms with E-state index in [9.17, 15) is 14.7 Å². The lowest BCUT2D eigenvalue weighted by Crippen LogP contribution is -2.39. The Kier molecular flexibility index (Phi) is 5.55. The van der Waals surface area contributed by atoms with E-state index in [1.807, 2.05) is 26.0 Å². The predicted molar refractivity (Wildman–Crippen MR) is 82.9 cm³/mol. The summed E-state index contributed by atoms with van der Waals surface area (Å²) >= 11 is 0. The second kappa shape index (κ2) is 7.40. The molecule has 22 heavy (non-hydrogen) atoms. The Morgan fingerprint density at radius 1 is 1.27 bits per heavy atom. The van der Waals surface area contributed by atoms with Gasteiger partial charge in [0, 0.05) is 25.3 Å². The maximum absolute atomic E-state index is 12.2. The van der Waals surface area contributed by atoms with Crippen LogP contribution < -0.4 is 5.32 Å². The van der Waals surface area contributed by atoms with Gasteiger partial charge in [0.1, 0.15) is 0 Å². The fourth-order valence-electron chi connectivity index (χ4n) is 2.76. The SMILES string of the molecule is Cc1ccc(C(=O)NCC(C(=O)O)C2CCOCC2)cc1C. The molecule has 2 N–H and O–H groups in total. The van der Waals surface area contributed by atoms with Crippen LogP contribution >= 0.6 is 0 Å². The molecule has 0 bridgehead atoms. The minimum atomic E-state index is -0.854. The molecule has 0 spiro atoms. The topological polar surface area (TPSA) is 75.6 Å². The molecule has 1 atom stereocenters. The molecule has 1 saturated heterocycles. The van der Waals surface area contributed by atoms with Gasteiger partial charge in [0.15, 0.2) is 0 Å². The highest BCUT2D eigenvalue weighted by Gasteiger charge is 2.30. The molecule has 120 valence electrons. The van der Waals surface area contributed by atoms with Gasteiger partial charge < -0.3 is 15.2 Å². The molecule has 1 aliphatic rings. The second-order valence-electron chi connectivity index (χ2n) is 5.90. The predicted octanol–water partition coefficient (Wildman–Crippen LogP) is 2.16. The van der Waals surface area contributed by atoms with Gasteiger partial charge in [0.2, 0.25) is 0 Å². The molecule has 0 aliphatic carbocycles. The summed E-state index contributed by atoms with van der Waals surface area (Å²) < 4.78 is 5.27. The van der Waals surface area contributed by atoms with Crippen molar-refractivity contribution in [3.63, 3.8) is 0 Å². The van der Waals surface area contributed by atoms with Crippen molar-refractivity contribution in [3.8, 4) is 0 Å². The number of aliphatic carboxylic acids is 1. The second-order valence-corrected chi connectivity index (χ2v) is 5.90. The van der Waals surface area contributed by atoms with Crippen LogP contribution in [0.3, 0.4) is 0 Å². The van der Waals surface area contributed by atoms with Crippen LogP contribution in [0.2, 0.25) is 0 Å². The smallest absolute Gasteiger partial charge is 0.308 e. The van der Waals surface area contributed by atoms with Crippen molar-refractivity contribution < 1.29 is 19.4 Å². The number of carbonyl (C=O) groups excluding carboxylic acids is 1. The standard InChI is InChI=1S/C17H23NO4/c1-11-3-4-14(9-12(11)2)16(19)18-10-15(17(20)21)13-5-7-22-8-6-13/h3-4,9,13,15H,5-8,10H2,1-2H3,(H,18,19)(H,20,21). The van der Waals surface area contributed by atoms with Gasteiger partial charge in [-0.05, 0) is 55.9 Å². The van der Waals surface area contributed by atoms with E-state index in [-0.39, 0.29) is 18.4 Å². The van der Waals surface area contributed by atoms with Crippen LogP contribution in [0.25, 0.3) is 0 Å². The van der Waals surface area contributed by atoms with Crippen LogP contribution in [0.1, 0.15) is 34.3 Å². The van der Waals surface area contributed by atoms with Crippen LogP contribution in [0, 0.1) is 25.7 Å². The van der Waals surface area contributed by atoms with E-state index < -0.39 is 11.9 Å². The third-order valence-corrected chi connectivity index (χ3v) is 4.40. The monoisotopic (exact) mass is 305 g/mol. The maximum atomic E-state index is 12.2. The van der Waals surface area contributed by atoms with Crippen LogP contribution in [-0.4, -0.2) is 36.7 Å². The zero-order valence-corrected chi connectivity index (χ0v) is 13.1. The third kappa shape index (κ3) is 4.07. The molecule has 1 heterocycles. The summed E-state index contributed by atoms with van der Waals surface area (Å²) in [6.45, 7) is 5.29.